The number of benzene rings is 2. The first-order chi connectivity index (χ1) is 14.4. The van der Waals surface area contributed by atoms with Gasteiger partial charge in [0, 0.05) is 18.5 Å². The number of carbonyl (C=O) groups excluding carboxylic acids is 1. The van der Waals surface area contributed by atoms with Crippen molar-refractivity contribution in [1.82, 2.24) is 19.2 Å². The third-order valence-corrected chi connectivity index (χ3v) is 4.48. The van der Waals surface area contributed by atoms with Gasteiger partial charge in [0.2, 0.25) is 11.6 Å². The molecule has 0 fully saturated rings. The number of amides is 1. The van der Waals surface area contributed by atoms with E-state index < -0.39 is 17.4 Å². The second-order valence-corrected chi connectivity index (χ2v) is 6.86. The van der Waals surface area contributed by atoms with E-state index >= 15 is 0 Å². The second kappa shape index (κ2) is 7.96. The Morgan fingerprint density at radius 1 is 1.27 bits per heavy atom. The topological polar surface area (TPSA) is 90.5 Å². The zero-order valence-electron chi connectivity index (χ0n) is 15.7. The fraction of sp³-hybridized carbons (Fsp3) is 0.100. The molecule has 152 valence electrons. The van der Waals surface area contributed by atoms with E-state index in [1.54, 1.807) is 24.3 Å². The minimum Gasteiger partial charge on any atom is -0.436 e. The SMILES string of the molecule is Cc1ccc(NC(=O)Cn2nc3c(Oc4cccc(F)c4)nccn3c2=O)c(Cl)c1. The smallest absolute Gasteiger partial charge is 0.351 e. The summed E-state index contributed by atoms with van der Waals surface area (Å²) < 4.78 is 21.1. The van der Waals surface area contributed by atoms with Crippen molar-refractivity contribution in [3.8, 4) is 11.6 Å². The number of halogens is 2. The first-order valence-corrected chi connectivity index (χ1v) is 9.22. The van der Waals surface area contributed by atoms with Gasteiger partial charge in [-0.3, -0.25) is 4.79 Å². The Bertz CT molecular complexity index is 1320. The first kappa shape index (κ1) is 19.6. The van der Waals surface area contributed by atoms with Crippen LogP contribution in [0.2, 0.25) is 5.02 Å². The minimum absolute atomic E-state index is 0.000868. The Balaban J connectivity index is 1.60. The lowest BCUT2D eigenvalue weighted by Gasteiger charge is -2.07. The van der Waals surface area contributed by atoms with E-state index in [0.29, 0.717) is 10.7 Å². The zero-order chi connectivity index (χ0) is 21.3. The largest absolute Gasteiger partial charge is 0.436 e. The number of rotatable bonds is 5. The zero-order valence-corrected chi connectivity index (χ0v) is 16.4. The van der Waals surface area contributed by atoms with E-state index in [1.165, 1.54) is 35.0 Å². The van der Waals surface area contributed by atoms with Crippen LogP contribution in [0.4, 0.5) is 10.1 Å². The molecule has 30 heavy (non-hydrogen) atoms. The molecule has 0 saturated heterocycles. The summed E-state index contributed by atoms with van der Waals surface area (Å²) in [4.78, 5) is 29.0. The lowest BCUT2D eigenvalue weighted by molar-refractivity contribution is -0.117. The molecule has 2 heterocycles. The number of nitrogens with one attached hydrogen (secondary N) is 1. The number of aryl methyl sites for hydroxylation is 1. The molecular formula is C20H15ClFN5O3. The molecule has 2 aromatic heterocycles. The van der Waals surface area contributed by atoms with Crippen LogP contribution in [-0.4, -0.2) is 25.1 Å². The Morgan fingerprint density at radius 3 is 2.87 bits per heavy atom. The molecule has 0 aliphatic carbocycles. The summed E-state index contributed by atoms with van der Waals surface area (Å²) in [5.41, 5.74) is 0.920. The predicted octanol–water partition coefficient (Wildman–Crippen LogP) is 3.42. The molecule has 0 spiro atoms. The maximum atomic E-state index is 13.4. The third-order valence-electron chi connectivity index (χ3n) is 4.17. The molecule has 2 aromatic carbocycles. The third kappa shape index (κ3) is 4.01. The van der Waals surface area contributed by atoms with Gasteiger partial charge in [0.1, 0.15) is 18.1 Å². The van der Waals surface area contributed by atoms with Crippen molar-refractivity contribution in [2.45, 2.75) is 13.5 Å². The van der Waals surface area contributed by atoms with E-state index in [2.05, 4.69) is 15.4 Å². The number of carbonyl (C=O) groups is 1. The quantitative estimate of drug-likeness (QED) is 0.527. The van der Waals surface area contributed by atoms with Crippen molar-refractivity contribution in [2.75, 3.05) is 5.32 Å². The Labute approximate surface area is 174 Å². The number of fused-ring (bicyclic) bond motifs is 1. The van der Waals surface area contributed by atoms with Crippen LogP contribution in [0, 0.1) is 12.7 Å². The highest BCUT2D eigenvalue weighted by molar-refractivity contribution is 6.33. The minimum atomic E-state index is -0.554. The van der Waals surface area contributed by atoms with Crippen LogP contribution in [0.25, 0.3) is 5.65 Å². The molecule has 4 rings (SSSR count). The van der Waals surface area contributed by atoms with Crippen LogP contribution in [0.5, 0.6) is 11.6 Å². The van der Waals surface area contributed by atoms with E-state index in [1.807, 2.05) is 6.92 Å². The highest BCUT2D eigenvalue weighted by Gasteiger charge is 2.16. The highest BCUT2D eigenvalue weighted by Crippen LogP contribution is 2.23. The summed E-state index contributed by atoms with van der Waals surface area (Å²) in [7, 11) is 0. The summed E-state index contributed by atoms with van der Waals surface area (Å²) in [6.07, 6.45) is 2.75. The van der Waals surface area contributed by atoms with Gasteiger partial charge in [0.25, 0.3) is 5.88 Å². The van der Waals surface area contributed by atoms with Crippen molar-refractivity contribution in [1.29, 1.82) is 0 Å². The van der Waals surface area contributed by atoms with Gasteiger partial charge in [0.05, 0.1) is 10.7 Å². The average molecular weight is 428 g/mol. The molecule has 0 atom stereocenters. The summed E-state index contributed by atoms with van der Waals surface area (Å²) in [6, 6.07) is 10.7. The molecule has 4 aromatic rings. The number of hydrogen-bond donors (Lipinski definition) is 1. The summed E-state index contributed by atoms with van der Waals surface area (Å²) in [5, 5.41) is 7.18. The lowest BCUT2D eigenvalue weighted by Crippen LogP contribution is -2.28. The second-order valence-electron chi connectivity index (χ2n) is 6.46. The molecule has 0 aliphatic heterocycles. The monoisotopic (exact) mass is 427 g/mol. The molecule has 1 amide bonds. The van der Waals surface area contributed by atoms with E-state index in [4.69, 9.17) is 16.3 Å². The predicted molar refractivity (Wildman–Crippen MR) is 109 cm³/mol. The molecule has 0 bridgehead atoms. The molecule has 1 N–H and O–H groups in total. The molecule has 0 radical (unpaired) electrons. The standard InChI is InChI=1S/C20H15ClFN5O3/c1-12-5-6-16(15(21)9-12)24-17(28)11-27-20(29)26-8-7-23-19(18(26)25-27)30-14-4-2-3-13(22)10-14/h2-10H,11H2,1H3,(H,24,28). The molecule has 10 heteroatoms. The summed E-state index contributed by atoms with van der Waals surface area (Å²) in [5.74, 6) is -0.758. The van der Waals surface area contributed by atoms with Crippen molar-refractivity contribution in [2.24, 2.45) is 0 Å². The van der Waals surface area contributed by atoms with Gasteiger partial charge in [0.15, 0.2) is 0 Å². The van der Waals surface area contributed by atoms with Gasteiger partial charge < -0.3 is 10.1 Å². The van der Waals surface area contributed by atoms with Crippen molar-refractivity contribution in [3.05, 3.63) is 81.7 Å². The normalized spacial score (nSPS) is 10.9. The fourth-order valence-corrected chi connectivity index (χ4v) is 3.07. The Kier molecular flexibility index (Phi) is 5.20. The summed E-state index contributed by atoms with van der Waals surface area (Å²) >= 11 is 6.13. The maximum absolute atomic E-state index is 13.4. The summed E-state index contributed by atoms with van der Waals surface area (Å²) in [6.45, 7) is 1.54. The lowest BCUT2D eigenvalue weighted by atomic mass is 10.2. The first-order valence-electron chi connectivity index (χ1n) is 8.84. The molecule has 0 aliphatic rings. The van der Waals surface area contributed by atoms with Gasteiger partial charge in [-0.15, -0.1) is 5.10 Å². The van der Waals surface area contributed by atoms with Gasteiger partial charge in [-0.2, -0.15) is 0 Å². The average Bonchev–Trinajstić information content (AvgIpc) is 3.01. The van der Waals surface area contributed by atoms with E-state index in [-0.39, 0.29) is 23.8 Å². The van der Waals surface area contributed by atoms with Crippen molar-refractivity contribution >= 4 is 28.8 Å². The Hall–Kier alpha value is -3.72. The molecule has 8 nitrogen and oxygen atoms in total. The number of ether oxygens (including phenoxy) is 1. The number of anilines is 1. The van der Waals surface area contributed by atoms with Gasteiger partial charge in [-0.25, -0.2) is 23.3 Å². The van der Waals surface area contributed by atoms with E-state index in [0.717, 1.165) is 10.2 Å². The fourth-order valence-electron chi connectivity index (χ4n) is 2.79. The van der Waals surface area contributed by atoms with Crippen molar-refractivity contribution in [3.63, 3.8) is 0 Å². The number of nitrogens with zero attached hydrogens (tertiary/aromatic N) is 4. The van der Waals surface area contributed by atoms with Gasteiger partial charge >= 0.3 is 5.69 Å². The maximum Gasteiger partial charge on any atom is 0.351 e. The molecule has 0 unspecified atom stereocenters. The highest BCUT2D eigenvalue weighted by atomic mass is 35.5. The van der Waals surface area contributed by atoms with Gasteiger partial charge in [-0.05, 0) is 36.8 Å². The number of aromatic nitrogens is 4. The van der Waals surface area contributed by atoms with Crippen LogP contribution in [0.1, 0.15) is 5.56 Å². The van der Waals surface area contributed by atoms with Crippen LogP contribution < -0.4 is 15.7 Å². The van der Waals surface area contributed by atoms with Crippen LogP contribution in [0.3, 0.4) is 0 Å². The molecular weight excluding hydrogens is 413 g/mol. The van der Waals surface area contributed by atoms with Crippen LogP contribution in [-0.2, 0) is 11.3 Å². The van der Waals surface area contributed by atoms with Gasteiger partial charge in [-0.1, -0.05) is 23.7 Å². The Morgan fingerprint density at radius 2 is 2.10 bits per heavy atom. The van der Waals surface area contributed by atoms with Crippen LogP contribution >= 0.6 is 11.6 Å². The van der Waals surface area contributed by atoms with Crippen molar-refractivity contribution < 1.29 is 13.9 Å². The van der Waals surface area contributed by atoms with Crippen LogP contribution in [0.15, 0.2) is 59.7 Å². The van der Waals surface area contributed by atoms with E-state index in [9.17, 15) is 14.0 Å². The number of hydrogen-bond acceptors (Lipinski definition) is 5. The molecule has 0 saturated carbocycles.